The zero-order chi connectivity index (χ0) is 8.10. The molecule has 0 aromatic heterocycles. The summed E-state index contributed by atoms with van der Waals surface area (Å²) in [6, 6.07) is 10.1. The van der Waals surface area contributed by atoms with E-state index in [1.54, 1.807) is 5.41 Å². The molecule has 1 N–H and O–H groups in total. The molecule has 0 saturated heterocycles. The van der Waals surface area contributed by atoms with Crippen LogP contribution >= 0.6 is 12.6 Å². The van der Waals surface area contributed by atoms with Gasteiger partial charge in [-0.25, -0.2) is 0 Å². The smallest absolute Gasteiger partial charge is 0.0472 e. The Morgan fingerprint density at radius 2 is 2.00 bits per heavy atom. The number of nitrogens with one attached hydrogen (secondary N) is 1. The van der Waals surface area contributed by atoms with Gasteiger partial charge in [-0.05, 0) is 11.0 Å². The van der Waals surface area contributed by atoms with Crippen LogP contribution in [-0.2, 0) is 0 Å². The molecule has 0 saturated carbocycles. The van der Waals surface area contributed by atoms with Crippen LogP contribution < -0.4 is 5.32 Å². The summed E-state index contributed by atoms with van der Waals surface area (Å²) >= 11 is 4.08. The van der Waals surface area contributed by atoms with Gasteiger partial charge >= 0.3 is 0 Å². The first-order valence-electron chi connectivity index (χ1n) is 3.46. The molecule has 0 aliphatic rings. The lowest BCUT2D eigenvalue weighted by Gasteiger charge is -2.04. The highest BCUT2D eigenvalue weighted by Gasteiger charge is 1.93. The number of thiol groups is 1. The fraction of sp³-hybridized carbons (Fsp3) is 0.111. The van der Waals surface area contributed by atoms with Gasteiger partial charge in [0, 0.05) is 12.7 Å². The highest BCUT2D eigenvalue weighted by Crippen LogP contribution is 2.10. The van der Waals surface area contributed by atoms with E-state index >= 15 is 0 Å². The highest BCUT2D eigenvalue weighted by atomic mass is 32.1. The van der Waals surface area contributed by atoms with Crippen LogP contribution in [0.15, 0.2) is 35.7 Å². The van der Waals surface area contributed by atoms with Gasteiger partial charge in [-0.2, -0.15) is 0 Å². The summed E-state index contributed by atoms with van der Waals surface area (Å²) in [7, 11) is 1.88. The maximum Gasteiger partial charge on any atom is 0.0472 e. The van der Waals surface area contributed by atoms with Crippen molar-refractivity contribution < 1.29 is 0 Å². The predicted molar refractivity (Wildman–Crippen MR) is 52.5 cm³/mol. The van der Waals surface area contributed by atoms with Crippen LogP contribution in [0, 0.1) is 0 Å². The van der Waals surface area contributed by atoms with Crippen molar-refractivity contribution in [3.8, 4) is 0 Å². The zero-order valence-electron chi connectivity index (χ0n) is 6.41. The van der Waals surface area contributed by atoms with Gasteiger partial charge in [0.1, 0.15) is 0 Å². The van der Waals surface area contributed by atoms with Crippen LogP contribution in [0.1, 0.15) is 5.56 Å². The minimum Gasteiger partial charge on any atom is -0.387 e. The molecular weight excluding hydrogens is 154 g/mol. The Bertz CT molecular complexity index is 241. The summed E-state index contributed by atoms with van der Waals surface area (Å²) in [5, 5.41) is 4.81. The van der Waals surface area contributed by atoms with Crippen molar-refractivity contribution in [3.05, 3.63) is 41.3 Å². The van der Waals surface area contributed by atoms with Crippen LogP contribution in [0.3, 0.4) is 0 Å². The third kappa shape index (κ3) is 2.02. The van der Waals surface area contributed by atoms with Crippen LogP contribution in [0.2, 0.25) is 0 Å². The summed E-state index contributed by atoms with van der Waals surface area (Å²) in [4.78, 5) is 0. The van der Waals surface area contributed by atoms with E-state index in [0.717, 1.165) is 11.3 Å². The van der Waals surface area contributed by atoms with Crippen molar-refractivity contribution in [1.29, 1.82) is 0 Å². The van der Waals surface area contributed by atoms with Gasteiger partial charge in [-0.1, -0.05) is 30.3 Å². The Kier molecular flexibility index (Phi) is 3.05. The van der Waals surface area contributed by atoms with Crippen LogP contribution in [0.4, 0.5) is 0 Å². The Morgan fingerprint density at radius 1 is 1.36 bits per heavy atom. The first kappa shape index (κ1) is 8.21. The van der Waals surface area contributed by atoms with Gasteiger partial charge < -0.3 is 5.32 Å². The first-order valence-corrected chi connectivity index (χ1v) is 3.97. The van der Waals surface area contributed by atoms with E-state index in [9.17, 15) is 0 Å². The zero-order valence-corrected chi connectivity index (χ0v) is 7.31. The predicted octanol–water partition coefficient (Wildman–Crippen LogP) is 2.13. The van der Waals surface area contributed by atoms with E-state index in [-0.39, 0.29) is 0 Å². The topological polar surface area (TPSA) is 12.0 Å². The largest absolute Gasteiger partial charge is 0.387 e. The van der Waals surface area contributed by atoms with Crippen molar-refractivity contribution in [2.75, 3.05) is 7.05 Å². The molecule has 0 unspecified atom stereocenters. The van der Waals surface area contributed by atoms with Crippen molar-refractivity contribution in [2.24, 2.45) is 0 Å². The summed E-state index contributed by atoms with van der Waals surface area (Å²) in [6.45, 7) is 0. The normalized spacial score (nSPS) is 11.3. The molecule has 1 aromatic rings. The minimum absolute atomic E-state index is 1.04. The van der Waals surface area contributed by atoms with Gasteiger partial charge in [-0.15, -0.1) is 12.6 Å². The lowest BCUT2D eigenvalue weighted by Crippen LogP contribution is -2.03. The Hall–Kier alpha value is -0.890. The van der Waals surface area contributed by atoms with E-state index in [0.29, 0.717) is 0 Å². The molecule has 11 heavy (non-hydrogen) atoms. The van der Waals surface area contributed by atoms with E-state index in [1.807, 2.05) is 37.4 Å². The third-order valence-electron chi connectivity index (χ3n) is 1.48. The molecule has 2 heteroatoms. The molecule has 0 atom stereocenters. The van der Waals surface area contributed by atoms with Crippen molar-refractivity contribution in [3.63, 3.8) is 0 Å². The van der Waals surface area contributed by atoms with Crippen LogP contribution in [0.25, 0.3) is 5.70 Å². The molecule has 1 aromatic carbocycles. The Labute approximate surface area is 72.5 Å². The van der Waals surface area contributed by atoms with Gasteiger partial charge in [-0.3, -0.25) is 0 Å². The standard InChI is InChI=1S/C9H11NS/c1-10-9(7-11)8-5-3-2-4-6-8/h2-7,10-11H,1H3/b9-7-. The number of hydrogen-bond acceptors (Lipinski definition) is 2. The highest BCUT2D eigenvalue weighted by molar-refractivity contribution is 7.83. The quantitative estimate of drug-likeness (QED) is 0.640. The minimum atomic E-state index is 1.04. The summed E-state index contributed by atoms with van der Waals surface area (Å²) < 4.78 is 0. The number of benzene rings is 1. The average Bonchev–Trinajstić information content (AvgIpc) is 2.09. The summed E-state index contributed by atoms with van der Waals surface area (Å²) in [6.07, 6.45) is 0. The van der Waals surface area contributed by atoms with Gasteiger partial charge in [0.25, 0.3) is 0 Å². The van der Waals surface area contributed by atoms with Gasteiger partial charge in [0.2, 0.25) is 0 Å². The van der Waals surface area contributed by atoms with Crippen molar-refractivity contribution >= 4 is 18.3 Å². The number of hydrogen-bond donors (Lipinski definition) is 2. The second-order valence-electron chi connectivity index (χ2n) is 2.16. The summed E-state index contributed by atoms with van der Waals surface area (Å²) in [5.74, 6) is 0. The van der Waals surface area contributed by atoms with Crippen molar-refractivity contribution in [2.45, 2.75) is 0 Å². The molecule has 1 rings (SSSR count). The van der Waals surface area contributed by atoms with E-state index in [4.69, 9.17) is 0 Å². The molecule has 0 spiro atoms. The molecule has 0 heterocycles. The van der Waals surface area contributed by atoms with Gasteiger partial charge in [0.05, 0.1) is 0 Å². The molecule has 0 aliphatic heterocycles. The Balaban J connectivity index is 2.92. The monoisotopic (exact) mass is 165 g/mol. The maximum atomic E-state index is 4.08. The maximum absolute atomic E-state index is 4.08. The second kappa shape index (κ2) is 4.09. The fourth-order valence-corrected chi connectivity index (χ4v) is 1.18. The summed E-state index contributed by atoms with van der Waals surface area (Å²) in [5.41, 5.74) is 2.19. The molecule has 0 fully saturated rings. The molecular formula is C9H11NS. The van der Waals surface area contributed by atoms with E-state index in [2.05, 4.69) is 17.9 Å². The molecule has 0 amide bonds. The van der Waals surface area contributed by atoms with Crippen LogP contribution in [-0.4, -0.2) is 7.05 Å². The molecule has 58 valence electrons. The molecule has 0 bridgehead atoms. The second-order valence-corrected chi connectivity index (χ2v) is 2.42. The van der Waals surface area contributed by atoms with E-state index in [1.165, 1.54) is 0 Å². The van der Waals surface area contributed by atoms with Gasteiger partial charge in [0.15, 0.2) is 0 Å². The molecule has 1 nitrogen and oxygen atoms in total. The fourth-order valence-electron chi connectivity index (χ4n) is 0.901. The lowest BCUT2D eigenvalue weighted by atomic mass is 10.2. The SMILES string of the molecule is CN/C(=C\S)c1ccccc1. The van der Waals surface area contributed by atoms with E-state index < -0.39 is 0 Å². The average molecular weight is 165 g/mol. The van der Waals surface area contributed by atoms with Crippen molar-refractivity contribution in [1.82, 2.24) is 5.32 Å². The Morgan fingerprint density at radius 3 is 2.45 bits per heavy atom. The third-order valence-corrected chi connectivity index (χ3v) is 1.74. The molecule has 0 aliphatic carbocycles. The lowest BCUT2D eigenvalue weighted by molar-refractivity contribution is 1.13. The number of rotatable bonds is 2. The van der Waals surface area contributed by atoms with Crippen LogP contribution in [0.5, 0.6) is 0 Å². The first-order chi connectivity index (χ1) is 5.38. The molecule has 0 radical (unpaired) electrons.